The Morgan fingerprint density at radius 1 is 1.33 bits per heavy atom. The fourth-order valence-electron chi connectivity index (χ4n) is 3.87. The summed E-state index contributed by atoms with van der Waals surface area (Å²) in [5.41, 5.74) is 3.86. The van der Waals surface area contributed by atoms with E-state index in [4.69, 9.17) is 9.84 Å². The maximum Gasteiger partial charge on any atom is 0.337 e. The molecule has 0 saturated carbocycles. The fraction of sp³-hybridized carbons (Fsp3) is 0.522. The minimum atomic E-state index is -0.718. The van der Waals surface area contributed by atoms with Gasteiger partial charge in [0.15, 0.2) is 0 Å². The van der Waals surface area contributed by atoms with Crippen molar-refractivity contribution in [2.75, 3.05) is 6.61 Å². The molecule has 1 aromatic carbocycles. The van der Waals surface area contributed by atoms with Crippen LogP contribution in [-0.2, 0) is 11.2 Å². The highest BCUT2D eigenvalue weighted by atomic mass is 16.5. The van der Waals surface area contributed by atoms with Crippen molar-refractivity contribution in [2.45, 2.75) is 65.2 Å². The zero-order valence-electron chi connectivity index (χ0n) is 16.8. The van der Waals surface area contributed by atoms with Gasteiger partial charge in [-0.15, -0.1) is 0 Å². The Balaban J connectivity index is 2.50. The number of hydrogen-bond acceptors (Lipinski definition) is 4. The molecule has 27 heavy (non-hydrogen) atoms. The smallest absolute Gasteiger partial charge is 0.337 e. The van der Waals surface area contributed by atoms with Gasteiger partial charge in [0, 0.05) is 11.5 Å². The van der Waals surface area contributed by atoms with Crippen LogP contribution in [0.2, 0.25) is 0 Å². The standard InChI is InChI=1S/C23H32O4/c1-5-6-7-8-17-12-20(25)23(21(13-17)27-22(26)14-24)19-11-16(4)9-10-18(19)15(2)3/h11-13,18-19,24-25H,2,5-10,14H2,1,3-4H3/t18-,19+/m0/s1. The van der Waals surface area contributed by atoms with Crippen LogP contribution in [-0.4, -0.2) is 22.8 Å². The Morgan fingerprint density at radius 2 is 2.07 bits per heavy atom. The number of esters is 1. The summed E-state index contributed by atoms with van der Waals surface area (Å²) in [7, 11) is 0. The van der Waals surface area contributed by atoms with Crippen molar-refractivity contribution in [3.8, 4) is 11.5 Å². The average Bonchev–Trinajstić information content (AvgIpc) is 2.61. The molecule has 0 fully saturated rings. The van der Waals surface area contributed by atoms with Crippen molar-refractivity contribution >= 4 is 5.97 Å². The first-order valence-corrected chi connectivity index (χ1v) is 9.87. The van der Waals surface area contributed by atoms with Crippen LogP contribution in [0.4, 0.5) is 0 Å². The van der Waals surface area contributed by atoms with E-state index in [0.717, 1.165) is 49.7 Å². The van der Waals surface area contributed by atoms with Crippen LogP contribution >= 0.6 is 0 Å². The van der Waals surface area contributed by atoms with Gasteiger partial charge in [0.05, 0.1) is 0 Å². The van der Waals surface area contributed by atoms with E-state index < -0.39 is 12.6 Å². The van der Waals surface area contributed by atoms with Crippen LogP contribution < -0.4 is 4.74 Å². The number of benzene rings is 1. The Morgan fingerprint density at radius 3 is 2.70 bits per heavy atom. The van der Waals surface area contributed by atoms with Crippen molar-refractivity contribution in [2.24, 2.45) is 5.92 Å². The molecule has 0 aliphatic heterocycles. The Hall–Kier alpha value is -2.07. The van der Waals surface area contributed by atoms with Gasteiger partial charge in [0.25, 0.3) is 0 Å². The highest BCUT2D eigenvalue weighted by Crippen LogP contribution is 2.47. The number of aliphatic hydroxyl groups is 1. The number of carbonyl (C=O) groups excluding carboxylic acids is 1. The van der Waals surface area contributed by atoms with E-state index in [1.165, 1.54) is 5.57 Å². The number of hydrogen-bond donors (Lipinski definition) is 2. The lowest BCUT2D eigenvalue weighted by molar-refractivity contribution is -0.137. The summed E-state index contributed by atoms with van der Waals surface area (Å²) in [4.78, 5) is 11.8. The third-order valence-corrected chi connectivity index (χ3v) is 5.32. The van der Waals surface area contributed by atoms with Crippen LogP contribution in [0.1, 0.15) is 69.9 Å². The summed E-state index contributed by atoms with van der Waals surface area (Å²) in [6.45, 7) is 9.66. The molecule has 0 amide bonds. The number of rotatable bonds is 8. The molecular weight excluding hydrogens is 340 g/mol. The second-order valence-electron chi connectivity index (χ2n) is 7.65. The summed E-state index contributed by atoms with van der Waals surface area (Å²) in [6, 6.07) is 3.63. The molecule has 1 aliphatic rings. The minimum absolute atomic E-state index is 0.0950. The maximum absolute atomic E-state index is 11.8. The number of ether oxygens (including phenoxy) is 1. The molecule has 2 N–H and O–H groups in total. The predicted octanol–water partition coefficient (Wildman–Crippen LogP) is 5.04. The molecule has 0 aromatic heterocycles. The van der Waals surface area contributed by atoms with Crippen LogP contribution in [0.5, 0.6) is 11.5 Å². The molecule has 0 unspecified atom stereocenters. The van der Waals surface area contributed by atoms with E-state index >= 15 is 0 Å². The zero-order chi connectivity index (χ0) is 20.0. The molecule has 4 nitrogen and oxygen atoms in total. The molecule has 0 radical (unpaired) electrons. The summed E-state index contributed by atoms with van der Waals surface area (Å²) in [5, 5.41) is 20.0. The molecule has 2 atom stereocenters. The Kier molecular flexibility index (Phi) is 7.66. The number of carbonyl (C=O) groups is 1. The van der Waals surface area contributed by atoms with Crippen molar-refractivity contribution in [1.29, 1.82) is 0 Å². The lowest BCUT2D eigenvalue weighted by atomic mass is 9.73. The van der Waals surface area contributed by atoms with Crippen molar-refractivity contribution in [3.05, 3.63) is 47.1 Å². The molecule has 0 saturated heterocycles. The summed E-state index contributed by atoms with van der Waals surface area (Å²) >= 11 is 0. The summed E-state index contributed by atoms with van der Waals surface area (Å²) in [5.74, 6) is -0.140. The van der Waals surface area contributed by atoms with Crippen molar-refractivity contribution in [3.63, 3.8) is 0 Å². The van der Waals surface area contributed by atoms with Gasteiger partial charge in [-0.3, -0.25) is 0 Å². The van der Waals surface area contributed by atoms with Gasteiger partial charge < -0.3 is 14.9 Å². The van der Waals surface area contributed by atoms with Crippen LogP contribution in [0, 0.1) is 5.92 Å². The third kappa shape index (κ3) is 5.46. The number of aryl methyl sites for hydroxylation is 1. The van der Waals surface area contributed by atoms with E-state index in [1.54, 1.807) is 6.07 Å². The second kappa shape index (κ2) is 9.75. The summed E-state index contributed by atoms with van der Waals surface area (Å²) in [6.07, 6.45) is 8.14. The average molecular weight is 373 g/mol. The maximum atomic E-state index is 11.8. The molecule has 4 heteroatoms. The normalized spacial score (nSPS) is 19.5. The van der Waals surface area contributed by atoms with E-state index in [9.17, 15) is 9.90 Å². The molecule has 0 heterocycles. The van der Waals surface area contributed by atoms with Gasteiger partial charge in [0.2, 0.25) is 0 Å². The van der Waals surface area contributed by atoms with Gasteiger partial charge in [-0.25, -0.2) is 4.79 Å². The molecule has 0 spiro atoms. The quantitative estimate of drug-likeness (QED) is 0.290. The lowest BCUT2D eigenvalue weighted by Crippen LogP contribution is -2.20. The first-order chi connectivity index (χ1) is 12.9. The monoisotopic (exact) mass is 372 g/mol. The molecule has 2 rings (SSSR count). The van der Waals surface area contributed by atoms with Gasteiger partial charge in [-0.2, -0.15) is 0 Å². The highest BCUT2D eigenvalue weighted by Gasteiger charge is 2.31. The number of phenols is 1. The Bertz CT molecular complexity index is 717. The number of phenolic OH excluding ortho intramolecular Hbond substituents is 1. The van der Waals surface area contributed by atoms with Crippen LogP contribution in [0.25, 0.3) is 0 Å². The minimum Gasteiger partial charge on any atom is -0.507 e. The molecule has 1 aromatic rings. The van der Waals surface area contributed by atoms with E-state index in [-0.39, 0.29) is 17.6 Å². The highest BCUT2D eigenvalue weighted by molar-refractivity contribution is 5.74. The van der Waals surface area contributed by atoms with Crippen LogP contribution in [0.15, 0.2) is 35.9 Å². The van der Waals surface area contributed by atoms with Crippen molar-refractivity contribution < 1.29 is 19.7 Å². The molecular formula is C23H32O4. The van der Waals surface area contributed by atoms with Gasteiger partial charge in [0.1, 0.15) is 18.1 Å². The van der Waals surface area contributed by atoms with Gasteiger partial charge in [-0.05, 0) is 63.1 Å². The van der Waals surface area contributed by atoms with Crippen LogP contribution in [0.3, 0.4) is 0 Å². The number of allylic oxidation sites excluding steroid dienone is 3. The van der Waals surface area contributed by atoms with E-state index in [2.05, 4.69) is 26.5 Å². The van der Waals surface area contributed by atoms with Gasteiger partial charge in [-0.1, -0.05) is 43.6 Å². The number of unbranched alkanes of at least 4 members (excludes halogenated alkanes) is 2. The molecule has 148 valence electrons. The lowest BCUT2D eigenvalue weighted by Gasteiger charge is -2.32. The van der Waals surface area contributed by atoms with E-state index in [0.29, 0.717) is 11.3 Å². The van der Waals surface area contributed by atoms with Crippen molar-refractivity contribution in [1.82, 2.24) is 0 Å². The summed E-state index contributed by atoms with van der Waals surface area (Å²) < 4.78 is 5.43. The van der Waals surface area contributed by atoms with Gasteiger partial charge >= 0.3 is 5.97 Å². The fourth-order valence-corrected chi connectivity index (χ4v) is 3.87. The van der Waals surface area contributed by atoms with E-state index in [1.807, 2.05) is 13.0 Å². The first-order valence-electron chi connectivity index (χ1n) is 9.87. The number of aromatic hydroxyl groups is 1. The first kappa shape index (κ1) is 21.2. The SMILES string of the molecule is C=C(C)[C@@H]1CCC(C)=C[C@H]1c1c(O)cc(CCCCC)cc1OC(=O)CO. The predicted molar refractivity (Wildman–Crippen MR) is 108 cm³/mol. The Labute approximate surface area is 162 Å². The zero-order valence-corrected chi connectivity index (χ0v) is 16.8. The number of aliphatic hydroxyl groups excluding tert-OH is 1. The topological polar surface area (TPSA) is 66.8 Å². The second-order valence-corrected chi connectivity index (χ2v) is 7.65. The molecule has 0 bridgehead atoms. The third-order valence-electron chi connectivity index (χ3n) is 5.32. The molecule has 1 aliphatic carbocycles. The largest absolute Gasteiger partial charge is 0.507 e.